The number of hydrogen-bond acceptors (Lipinski definition) is 1. The summed E-state index contributed by atoms with van der Waals surface area (Å²) in [5.41, 5.74) is 4.23. The van der Waals surface area contributed by atoms with Crippen molar-refractivity contribution < 1.29 is 0 Å². The molecule has 27 heavy (non-hydrogen) atoms. The Kier molecular flexibility index (Phi) is 8.06. The Balaban J connectivity index is 1.47. The minimum absolute atomic E-state index is 0.116. The molecule has 1 saturated carbocycles. The van der Waals surface area contributed by atoms with Gasteiger partial charge in [0.2, 0.25) is 0 Å². The Hall–Kier alpha value is -1.02. The molecule has 0 aromatic heterocycles. The van der Waals surface area contributed by atoms with Crippen LogP contribution < -0.4 is 0 Å². The summed E-state index contributed by atoms with van der Waals surface area (Å²) >= 11 is 12.6. The molecule has 0 amide bonds. The van der Waals surface area contributed by atoms with E-state index in [-0.39, 0.29) is 10.8 Å². The molecule has 0 N–H and O–H groups in total. The monoisotopic (exact) mass is 403 g/mol. The first-order valence-electron chi connectivity index (χ1n) is 10.3. The Bertz CT molecular complexity index is 661. The molecule has 1 aliphatic carbocycles. The molecule has 3 rings (SSSR count). The predicted molar refractivity (Wildman–Crippen MR) is 118 cm³/mol. The molecule has 0 bridgehead atoms. The maximum Gasteiger partial charge on any atom is 0.0505 e. The lowest BCUT2D eigenvalue weighted by Gasteiger charge is -2.22. The molecule has 1 aliphatic rings. The summed E-state index contributed by atoms with van der Waals surface area (Å²) in [6.07, 6.45) is 5.53. The third kappa shape index (κ3) is 6.24. The van der Waals surface area contributed by atoms with Crippen molar-refractivity contribution in [3.05, 3.63) is 71.3 Å². The fourth-order valence-electron chi connectivity index (χ4n) is 4.10. The lowest BCUT2D eigenvalue weighted by molar-refractivity contribution is 0.262. The van der Waals surface area contributed by atoms with Gasteiger partial charge in [-0.3, -0.25) is 4.90 Å². The van der Waals surface area contributed by atoms with Crippen LogP contribution in [0.4, 0.5) is 0 Å². The van der Waals surface area contributed by atoms with E-state index in [1.807, 2.05) is 0 Å². The van der Waals surface area contributed by atoms with Crippen LogP contribution in [0, 0.1) is 0 Å². The van der Waals surface area contributed by atoms with Crippen molar-refractivity contribution >= 4 is 23.2 Å². The standard InChI is InChI=1S/C24H31Cl2N/c1-2-14-27(18-20-7-4-3-5-8-20)15-6-9-19-10-12-21(13-11-19)22-16-23(25)24(26)17-22/h3-5,7-8,10-13,22-24H,2,6,9,14-18H2,1H3. The largest absolute Gasteiger partial charge is 0.299 e. The lowest BCUT2D eigenvalue weighted by Crippen LogP contribution is -2.25. The van der Waals surface area contributed by atoms with Crippen LogP contribution in [0.5, 0.6) is 0 Å². The van der Waals surface area contributed by atoms with Gasteiger partial charge in [-0.25, -0.2) is 0 Å². The van der Waals surface area contributed by atoms with Crippen LogP contribution in [0.3, 0.4) is 0 Å². The van der Waals surface area contributed by atoms with Crippen LogP contribution in [-0.4, -0.2) is 28.7 Å². The van der Waals surface area contributed by atoms with E-state index in [0.29, 0.717) is 5.92 Å². The van der Waals surface area contributed by atoms with Crippen LogP contribution >= 0.6 is 23.2 Å². The fourth-order valence-corrected chi connectivity index (χ4v) is 4.73. The topological polar surface area (TPSA) is 3.24 Å². The van der Waals surface area contributed by atoms with Gasteiger partial charge in [0.25, 0.3) is 0 Å². The van der Waals surface area contributed by atoms with E-state index < -0.39 is 0 Å². The van der Waals surface area contributed by atoms with Crippen molar-refractivity contribution in [1.82, 2.24) is 4.90 Å². The number of aryl methyl sites for hydroxylation is 1. The molecule has 2 atom stereocenters. The lowest BCUT2D eigenvalue weighted by atomic mass is 9.96. The molecular weight excluding hydrogens is 373 g/mol. The fraction of sp³-hybridized carbons (Fsp3) is 0.500. The molecule has 0 radical (unpaired) electrons. The number of nitrogens with zero attached hydrogens (tertiary/aromatic N) is 1. The molecule has 1 nitrogen and oxygen atoms in total. The molecule has 0 aliphatic heterocycles. The van der Waals surface area contributed by atoms with E-state index in [1.54, 1.807) is 0 Å². The molecule has 2 aromatic rings. The maximum atomic E-state index is 6.28. The number of halogens is 2. The third-order valence-electron chi connectivity index (χ3n) is 5.59. The van der Waals surface area contributed by atoms with Crippen LogP contribution in [0.15, 0.2) is 54.6 Å². The van der Waals surface area contributed by atoms with Crippen molar-refractivity contribution in [2.75, 3.05) is 13.1 Å². The summed E-state index contributed by atoms with van der Waals surface area (Å²) in [5, 5.41) is 0.232. The normalized spacial score (nSPS) is 22.4. The summed E-state index contributed by atoms with van der Waals surface area (Å²) in [4.78, 5) is 2.57. The zero-order chi connectivity index (χ0) is 19.1. The number of alkyl halides is 2. The first-order chi connectivity index (χ1) is 13.2. The Morgan fingerprint density at radius 3 is 2.15 bits per heavy atom. The van der Waals surface area contributed by atoms with Gasteiger partial charge in [0.15, 0.2) is 0 Å². The second-order valence-electron chi connectivity index (χ2n) is 7.81. The molecule has 0 saturated heterocycles. The van der Waals surface area contributed by atoms with E-state index in [1.165, 1.54) is 29.5 Å². The summed E-state index contributed by atoms with van der Waals surface area (Å²) in [6, 6.07) is 19.9. The van der Waals surface area contributed by atoms with Gasteiger partial charge in [-0.2, -0.15) is 0 Å². The number of benzene rings is 2. The average molecular weight is 404 g/mol. The molecule has 0 heterocycles. The highest BCUT2D eigenvalue weighted by Crippen LogP contribution is 2.40. The van der Waals surface area contributed by atoms with Crippen molar-refractivity contribution in [3.8, 4) is 0 Å². The second kappa shape index (κ2) is 10.5. The van der Waals surface area contributed by atoms with E-state index in [4.69, 9.17) is 23.2 Å². The van der Waals surface area contributed by atoms with Gasteiger partial charge in [-0.15, -0.1) is 23.2 Å². The minimum atomic E-state index is 0.116. The van der Waals surface area contributed by atoms with E-state index in [9.17, 15) is 0 Å². The zero-order valence-electron chi connectivity index (χ0n) is 16.3. The minimum Gasteiger partial charge on any atom is -0.299 e. The Morgan fingerprint density at radius 1 is 0.852 bits per heavy atom. The Morgan fingerprint density at radius 2 is 1.52 bits per heavy atom. The first kappa shape index (κ1) is 20.7. The molecule has 0 spiro atoms. The third-order valence-corrected chi connectivity index (χ3v) is 6.69. The molecule has 146 valence electrons. The number of hydrogen-bond donors (Lipinski definition) is 0. The van der Waals surface area contributed by atoms with Gasteiger partial charge in [0, 0.05) is 6.54 Å². The van der Waals surface area contributed by atoms with Crippen LogP contribution in [0.1, 0.15) is 55.2 Å². The van der Waals surface area contributed by atoms with Gasteiger partial charge in [0.1, 0.15) is 0 Å². The van der Waals surface area contributed by atoms with Crippen molar-refractivity contribution in [3.63, 3.8) is 0 Å². The summed E-state index contributed by atoms with van der Waals surface area (Å²) in [6.45, 7) is 5.62. The average Bonchev–Trinajstić information content (AvgIpc) is 3.02. The highest BCUT2D eigenvalue weighted by Gasteiger charge is 2.32. The Labute approximate surface area is 174 Å². The molecular formula is C24H31Cl2N. The van der Waals surface area contributed by atoms with E-state index in [0.717, 1.165) is 38.9 Å². The predicted octanol–water partition coefficient (Wildman–Crippen LogP) is 6.62. The molecule has 2 unspecified atom stereocenters. The molecule has 3 heteroatoms. The zero-order valence-corrected chi connectivity index (χ0v) is 17.8. The van der Waals surface area contributed by atoms with Gasteiger partial charge in [-0.1, -0.05) is 61.5 Å². The van der Waals surface area contributed by atoms with Gasteiger partial charge in [-0.05, 0) is 67.8 Å². The highest BCUT2D eigenvalue weighted by molar-refractivity contribution is 6.30. The van der Waals surface area contributed by atoms with Crippen LogP contribution in [0.25, 0.3) is 0 Å². The van der Waals surface area contributed by atoms with Crippen molar-refractivity contribution in [2.45, 2.75) is 62.2 Å². The summed E-state index contributed by atoms with van der Waals surface area (Å²) < 4.78 is 0. The smallest absolute Gasteiger partial charge is 0.0505 e. The first-order valence-corrected chi connectivity index (χ1v) is 11.2. The number of rotatable bonds is 9. The van der Waals surface area contributed by atoms with E-state index >= 15 is 0 Å². The van der Waals surface area contributed by atoms with Crippen LogP contribution in [-0.2, 0) is 13.0 Å². The maximum absolute atomic E-state index is 6.28. The van der Waals surface area contributed by atoms with Gasteiger partial charge in [0.05, 0.1) is 10.8 Å². The van der Waals surface area contributed by atoms with Crippen molar-refractivity contribution in [2.24, 2.45) is 0 Å². The van der Waals surface area contributed by atoms with Gasteiger partial charge >= 0.3 is 0 Å². The summed E-state index contributed by atoms with van der Waals surface area (Å²) in [7, 11) is 0. The molecule has 1 fully saturated rings. The van der Waals surface area contributed by atoms with Gasteiger partial charge < -0.3 is 0 Å². The quantitative estimate of drug-likeness (QED) is 0.424. The van der Waals surface area contributed by atoms with Crippen molar-refractivity contribution in [1.29, 1.82) is 0 Å². The second-order valence-corrected chi connectivity index (χ2v) is 8.93. The highest BCUT2D eigenvalue weighted by atomic mass is 35.5. The summed E-state index contributed by atoms with van der Waals surface area (Å²) in [5.74, 6) is 0.523. The van der Waals surface area contributed by atoms with E-state index in [2.05, 4.69) is 66.4 Å². The SMILES string of the molecule is CCCN(CCCc1ccc(C2CC(Cl)C(Cl)C2)cc1)Cc1ccccc1. The molecule has 2 aromatic carbocycles. The van der Waals surface area contributed by atoms with Crippen LogP contribution in [0.2, 0.25) is 0 Å².